The summed E-state index contributed by atoms with van der Waals surface area (Å²) in [5.74, 6) is 4.16. The molecule has 0 saturated heterocycles. The highest BCUT2D eigenvalue weighted by atomic mass is 15.0. The average molecular weight is 279 g/mol. The lowest BCUT2D eigenvalue weighted by atomic mass is 10.0. The fourth-order valence-electron chi connectivity index (χ4n) is 5.03. The number of imidazole rings is 1. The first-order valence-corrected chi connectivity index (χ1v) is 8.21. The highest BCUT2D eigenvalue weighted by Crippen LogP contribution is 2.65. The zero-order valence-corrected chi connectivity index (χ0v) is 12.2. The SMILES string of the molecule is c1cn(-c2ccc(CNC3C4C5CCC(C5)C34)cc2)cn1. The minimum Gasteiger partial charge on any atom is -0.309 e. The molecule has 0 aliphatic heterocycles. The quantitative estimate of drug-likeness (QED) is 0.932. The van der Waals surface area contributed by atoms with Crippen LogP contribution < -0.4 is 5.32 Å². The first-order valence-electron chi connectivity index (χ1n) is 8.21. The van der Waals surface area contributed by atoms with Gasteiger partial charge in [0, 0.05) is 30.7 Å². The summed E-state index contributed by atoms with van der Waals surface area (Å²) in [6, 6.07) is 9.64. The summed E-state index contributed by atoms with van der Waals surface area (Å²) in [5, 5.41) is 3.81. The summed E-state index contributed by atoms with van der Waals surface area (Å²) in [6.45, 7) is 1.02. The normalized spacial score (nSPS) is 35.9. The van der Waals surface area contributed by atoms with E-state index in [4.69, 9.17) is 0 Å². The first-order chi connectivity index (χ1) is 10.4. The maximum Gasteiger partial charge on any atom is 0.0991 e. The minimum absolute atomic E-state index is 0.824. The highest BCUT2D eigenvalue weighted by Gasteiger charge is 2.64. The van der Waals surface area contributed by atoms with Gasteiger partial charge in [-0.3, -0.25) is 0 Å². The smallest absolute Gasteiger partial charge is 0.0991 e. The molecule has 3 saturated carbocycles. The van der Waals surface area contributed by atoms with Crippen molar-refractivity contribution in [3.8, 4) is 5.69 Å². The van der Waals surface area contributed by atoms with Gasteiger partial charge in [-0.15, -0.1) is 0 Å². The largest absolute Gasteiger partial charge is 0.309 e. The first kappa shape index (κ1) is 12.0. The van der Waals surface area contributed by atoms with Crippen molar-refractivity contribution in [2.45, 2.75) is 31.8 Å². The van der Waals surface area contributed by atoms with Gasteiger partial charge >= 0.3 is 0 Å². The maximum absolute atomic E-state index is 4.09. The number of fused-ring (bicyclic) bond motifs is 5. The summed E-state index contributed by atoms with van der Waals surface area (Å²) in [5.41, 5.74) is 2.56. The van der Waals surface area contributed by atoms with Gasteiger partial charge in [0.25, 0.3) is 0 Å². The van der Waals surface area contributed by atoms with Crippen LogP contribution in [0.3, 0.4) is 0 Å². The molecular weight excluding hydrogens is 258 g/mol. The van der Waals surface area contributed by atoms with Crippen molar-refractivity contribution >= 4 is 0 Å². The Kier molecular flexibility index (Phi) is 2.53. The summed E-state index contributed by atoms with van der Waals surface area (Å²) >= 11 is 0. The van der Waals surface area contributed by atoms with Gasteiger partial charge in [0.2, 0.25) is 0 Å². The molecule has 1 aromatic carbocycles. The third kappa shape index (κ3) is 1.87. The fourth-order valence-corrected chi connectivity index (χ4v) is 5.03. The Morgan fingerprint density at radius 2 is 1.86 bits per heavy atom. The summed E-state index contributed by atoms with van der Waals surface area (Å²) in [4.78, 5) is 4.09. The van der Waals surface area contributed by atoms with Crippen molar-refractivity contribution in [1.82, 2.24) is 14.9 Å². The Labute approximate surface area is 125 Å². The van der Waals surface area contributed by atoms with Gasteiger partial charge in [-0.2, -0.15) is 0 Å². The van der Waals surface area contributed by atoms with Gasteiger partial charge < -0.3 is 9.88 Å². The Bertz CT molecular complexity index is 615. The van der Waals surface area contributed by atoms with Crippen molar-refractivity contribution in [2.75, 3.05) is 0 Å². The molecule has 2 aromatic rings. The van der Waals surface area contributed by atoms with Crippen LogP contribution >= 0.6 is 0 Å². The Morgan fingerprint density at radius 3 is 2.52 bits per heavy atom. The molecule has 0 spiro atoms. The molecule has 0 radical (unpaired) electrons. The zero-order chi connectivity index (χ0) is 13.8. The minimum atomic E-state index is 0.824. The number of nitrogens with zero attached hydrogens (tertiary/aromatic N) is 2. The molecule has 1 N–H and O–H groups in total. The molecule has 4 atom stereocenters. The van der Waals surface area contributed by atoms with Gasteiger partial charge in [-0.25, -0.2) is 4.98 Å². The molecule has 2 bridgehead atoms. The van der Waals surface area contributed by atoms with E-state index in [1.165, 1.54) is 30.5 Å². The topological polar surface area (TPSA) is 29.9 Å². The lowest BCUT2D eigenvalue weighted by Gasteiger charge is -2.11. The number of hydrogen-bond acceptors (Lipinski definition) is 2. The van der Waals surface area contributed by atoms with Crippen LogP contribution in [0, 0.1) is 23.7 Å². The van der Waals surface area contributed by atoms with E-state index in [1.807, 2.05) is 23.3 Å². The standard InChI is InChI=1S/C18H21N3/c1-5-15(21-8-7-19-11-21)6-2-12(1)10-20-18-16-13-3-4-14(9-13)17(16)18/h1-2,5-8,11,13-14,16-18,20H,3-4,9-10H2. The van der Waals surface area contributed by atoms with Crippen molar-refractivity contribution in [1.29, 1.82) is 0 Å². The number of benzene rings is 1. The molecule has 5 rings (SSSR count). The van der Waals surface area contributed by atoms with Gasteiger partial charge in [-0.05, 0) is 60.6 Å². The predicted octanol–water partition coefficient (Wildman–Crippen LogP) is 3.01. The molecule has 108 valence electrons. The molecule has 4 unspecified atom stereocenters. The zero-order valence-electron chi connectivity index (χ0n) is 12.2. The van der Waals surface area contributed by atoms with Gasteiger partial charge in [0.15, 0.2) is 0 Å². The molecule has 3 fully saturated rings. The van der Waals surface area contributed by atoms with Crippen molar-refractivity contribution < 1.29 is 0 Å². The fraction of sp³-hybridized carbons (Fsp3) is 0.500. The van der Waals surface area contributed by atoms with Crippen molar-refractivity contribution in [2.24, 2.45) is 23.7 Å². The van der Waals surface area contributed by atoms with E-state index in [-0.39, 0.29) is 0 Å². The lowest BCUT2D eigenvalue weighted by Crippen LogP contribution is -2.22. The van der Waals surface area contributed by atoms with Crippen LogP contribution in [0.25, 0.3) is 5.69 Å². The van der Waals surface area contributed by atoms with Crippen LogP contribution in [0.5, 0.6) is 0 Å². The highest BCUT2D eigenvalue weighted by molar-refractivity contribution is 5.34. The molecule has 3 heteroatoms. The van der Waals surface area contributed by atoms with Crippen molar-refractivity contribution in [3.05, 3.63) is 48.5 Å². The van der Waals surface area contributed by atoms with E-state index >= 15 is 0 Å². The molecule has 21 heavy (non-hydrogen) atoms. The summed E-state index contributed by atoms with van der Waals surface area (Å²) in [7, 11) is 0. The van der Waals surface area contributed by atoms with Crippen LogP contribution in [0.4, 0.5) is 0 Å². The molecule has 3 aliphatic rings. The average Bonchev–Trinajstić information content (AvgIpc) is 2.99. The van der Waals surface area contributed by atoms with E-state index in [2.05, 4.69) is 34.6 Å². The van der Waals surface area contributed by atoms with Crippen molar-refractivity contribution in [3.63, 3.8) is 0 Å². The molecule has 0 amide bonds. The lowest BCUT2D eigenvalue weighted by molar-refractivity contribution is 0.456. The molecule has 3 aliphatic carbocycles. The van der Waals surface area contributed by atoms with E-state index < -0.39 is 0 Å². The Hall–Kier alpha value is -1.61. The van der Waals surface area contributed by atoms with E-state index in [9.17, 15) is 0 Å². The summed E-state index contributed by atoms with van der Waals surface area (Å²) in [6.07, 6.45) is 10.2. The van der Waals surface area contributed by atoms with E-state index in [0.29, 0.717) is 0 Å². The number of nitrogens with one attached hydrogen (secondary N) is 1. The third-order valence-electron chi connectivity index (χ3n) is 6.02. The molecular formula is C18H21N3. The van der Waals surface area contributed by atoms with Crippen LogP contribution in [0.15, 0.2) is 43.0 Å². The molecule has 3 nitrogen and oxygen atoms in total. The number of rotatable bonds is 4. The van der Waals surface area contributed by atoms with E-state index in [1.54, 1.807) is 0 Å². The second-order valence-corrected chi connectivity index (χ2v) is 7.03. The second kappa shape index (κ2) is 4.44. The van der Waals surface area contributed by atoms with Gasteiger partial charge in [-0.1, -0.05) is 12.1 Å². The molecule has 1 aromatic heterocycles. The van der Waals surface area contributed by atoms with Gasteiger partial charge in [0.1, 0.15) is 0 Å². The Balaban J connectivity index is 1.22. The van der Waals surface area contributed by atoms with Crippen LogP contribution in [0.1, 0.15) is 24.8 Å². The number of hydrogen-bond donors (Lipinski definition) is 1. The summed E-state index contributed by atoms with van der Waals surface area (Å²) < 4.78 is 2.04. The van der Waals surface area contributed by atoms with Crippen LogP contribution in [-0.2, 0) is 6.54 Å². The molecule has 1 heterocycles. The maximum atomic E-state index is 4.09. The Morgan fingerprint density at radius 1 is 1.10 bits per heavy atom. The monoisotopic (exact) mass is 279 g/mol. The number of aromatic nitrogens is 2. The van der Waals surface area contributed by atoms with E-state index in [0.717, 1.165) is 36.3 Å². The van der Waals surface area contributed by atoms with Crippen LogP contribution in [0.2, 0.25) is 0 Å². The predicted molar refractivity (Wildman–Crippen MR) is 82.0 cm³/mol. The van der Waals surface area contributed by atoms with Crippen LogP contribution in [-0.4, -0.2) is 15.6 Å². The second-order valence-electron chi connectivity index (χ2n) is 7.03. The third-order valence-corrected chi connectivity index (χ3v) is 6.02. The van der Waals surface area contributed by atoms with Gasteiger partial charge in [0.05, 0.1) is 6.33 Å².